The molecular weight excluding hydrogens is 320 g/mol. The predicted molar refractivity (Wildman–Crippen MR) is 93.9 cm³/mol. The van der Waals surface area contributed by atoms with Crippen LogP contribution in [0.15, 0.2) is 30.0 Å². The average molecular weight is 342 g/mol. The van der Waals surface area contributed by atoms with Crippen LogP contribution in [0.5, 0.6) is 0 Å². The third-order valence-electron chi connectivity index (χ3n) is 5.29. The van der Waals surface area contributed by atoms with Crippen LogP contribution in [0, 0.1) is 12.3 Å². The van der Waals surface area contributed by atoms with Gasteiger partial charge in [0.25, 0.3) is 5.91 Å². The molecule has 2 aliphatic rings. The molecule has 4 rings (SSSR count). The van der Waals surface area contributed by atoms with Gasteiger partial charge in [-0.3, -0.25) is 9.78 Å². The van der Waals surface area contributed by atoms with Gasteiger partial charge in [-0.2, -0.15) is 0 Å². The fourth-order valence-electron chi connectivity index (χ4n) is 3.87. The van der Waals surface area contributed by atoms with Crippen molar-refractivity contribution >= 4 is 17.2 Å². The third-order valence-corrected chi connectivity index (χ3v) is 6.06. The maximum absolute atomic E-state index is 13.2. The van der Waals surface area contributed by atoms with E-state index in [1.54, 1.807) is 23.7 Å². The van der Waals surface area contributed by atoms with Gasteiger partial charge in [0.1, 0.15) is 5.01 Å². The molecule has 24 heavy (non-hydrogen) atoms. The monoisotopic (exact) mass is 342 g/mol. The lowest BCUT2D eigenvalue weighted by molar-refractivity contribution is 0.0691. The van der Waals surface area contributed by atoms with Crippen LogP contribution in [0.3, 0.4) is 0 Å². The highest BCUT2D eigenvalue weighted by Gasteiger charge is 2.57. The number of nitrogens with zero attached hydrogens (tertiary/aromatic N) is 3. The van der Waals surface area contributed by atoms with Crippen molar-refractivity contribution in [1.29, 1.82) is 0 Å². The number of carbonyl (C=O) groups excluding carboxylic acids is 1. The minimum Gasteiger partial charge on any atom is -0.328 e. The lowest BCUT2D eigenvalue weighted by Gasteiger charge is -2.29. The van der Waals surface area contributed by atoms with E-state index in [4.69, 9.17) is 0 Å². The second-order valence-corrected chi connectivity index (χ2v) is 7.92. The number of pyridine rings is 1. The Morgan fingerprint density at radius 2 is 2.25 bits per heavy atom. The summed E-state index contributed by atoms with van der Waals surface area (Å²) in [6, 6.07) is 2.26. The molecule has 5 nitrogen and oxygen atoms in total. The summed E-state index contributed by atoms with van der Waals surface area (Å²) in [4.78, 5) is 23.8. The molecule has 0 radical (unpaired) electrons. The van der Waals surface area contributed by atoms with Crippen LogP contribution < -0.4 is 5.32 Å². The van der Waals surface area contributed by atoms with E-state index in [0.29, 0.717) is 23.6 Å². The summed E-state index contributed by atoms with van der Waals surface area (Å²) in [6.07, 6.45) is 8.71. The summed E-state index contributed by atoms with van der Waals surface area (Å²) in [5.74, 6) is 0.0850. The maximum atomic E-state index is 13.2. The number of rotatable bonds is 4. The highest BCUT2D eigenvalue weighted by Crippen LogP contribution is 2.56. The molecule has 1 aliphatic heterocycles. The minimum absolute atomic E-state index is 0.0850. The van der Waals surface area contributed by atoms with Crippen molar-refractivity contribution in [3.05, 3.63) is 46.2 Å². The Labute approximate surface area is 146 Å². The Morgan fingerprint density at radius 1 is 1.42 bits per heavy atom. The quantitative estimate of drug-likeness (QED) is 0.928. The van der Waals surface area contributed by atoms with Crippen molar-refractivity contribution in [1.82, 2.24) is 20.2 Å². The van der Waals surface area contributed by atoms with Gasteiger partial charge in [0, 0.05) is 30.0 Å². The van der Waals surface area contributed by atoms with Crippen molar-refractivity contribution < 1.29 is 4.79 Å². The molecule has 1 aliphatic carbocycles. The maximum Gasteiger partial charge on any atom is 0.256 e. The Morgan fingerprint density at radius 3 is 2.96 bits per heavy atom. The van der Waals surface area contributed by atoms with E-state index in [0.717, 1.165) is 42.9 Å². The number of aryl methyl sites for hydroxylation is 1. The summed E-state index contributed by atoms with van der Waals surface area (Å²) < 4.78 is 0. The van der Waals surface area contributed by atoms with Gasteiger partial charge in [0.15, 0.2) is 0 Å². The molecule has 1 amide bonds. The molecule has 2 aromatic rings. The van der Waals surface area contributed by atoms with E-state index in [1.165, 1.54) is 0 Å². The van der Waals surface area contributed by atoms with Crippen molar-refractivity contribution in [3.8, 4) is 0 Å². The molecule has 1 saturated carbocycles. The van der Waals surface area contributed by atoms with Gasteiger partial charge in [-0.15, -0.1) is 11.3 Å². The van der Waals surface area contributed by atoms with Crippen LogP contribution in [-0.2, 0) is 6.54 Å². The largest absolute Gasteiger partial charge is 0.328 e. The Balaban J connectivity index is 1.60. The van der Waals surface area contributed by atoms with Crippen molar-refractivity contribution in [2.75, 3.05) is 13.1 Å². The molecule has 126 valence electrons. The molecule has 1 unspecified atom stereocenters. The number of hydrogen-bond donors (Lipinski definition) is 1. The number of nitrogens with one attached hydrogen (secondary N) is 1. The van der Waals surface area contributed by atoms with Gasteiger partial charge >= 0.3 is 0 Å². The lowest BCUT2D eigenvalue weighted by Crippen LogP contribution is -2.39. The highest BCUT2D eigenvalue weighted by molar-refractivity contribution is 7.09. The van der Waals surface area contributed by atoms with Gasteiger partial charge in [-0.1, -0.05) is 0 Å². The highest BCUT2D eigenvalue weighted by atomic mass is 32.1. The summed E-state index contributed by atoms with van der Waals surface area (Å²) >= 11 is 1.61. The molecule has 6 heteroatoms. The first-order chi connectivity index (χ1) is 11.7. The SMILES string of the molecule is Cc1cncc(C(=O)N(Cc2nccs2)C2CC23CCNCC3)c1. The number of amides is 1. The minimum atomic E-state index is 0.0850. The lowest BCUT2D eigenvalue weighted by atomic mass is 9.93. The van der Waals surface area contributed by atoms with Crippen LogP contribution in [-0.4, -0.2) is 39.9 Å². The number of aromatic nitrogens is 2. The first-order valence-corrected chi connectivity index (χ1v) is 9.38. The average Bonchev–Trinajstić information content (AvgIpc) is 3.04. The molecule has 1 saturated heterocycles. The zero-order chi connectivity index (χ0) is 16.6. The Hall–Kier alpha value is -1.79. The standard InChI is InChI=1S/C18H22N4OS/c1-13-8-14(11-20-10-13)17(23)22(12-16-21-6-7-24-16)15-9-18(15)2-4-19-5-3-18/h6-8,10-11,15,19H,2-5,9,12H2,1H3. The van der Waals surface area contributed by atoms with Crippen LogP contribution >= 0.6 is 11.3 Å². The summed E-state index contributed by atoms with van der Waals surface area (Å²) in [7, 11) is 0. The Bertz CT molecular complexity index is 724. The zero-order valence-electron chi connectivity index (χ0n) is 13.9. The van der Waals surface area contributed by atoms with Gasteiger partial charge in [-0.05, 0) is 56.3 Å². The van der Waals surface area contributed by atoms with Gasteiger partial charge in [0.05, 0.1) is 12.1 Å². The third kappa shape index (κ3) is 2.96. The van der Waals surface area contributed by atoms with Crippen LogP contribution in [0.4, 0.5) is 0 Å². The summed E-state index contributed by atoms with van der Waals surface area (Å²) in [5, 5.41) is 6.40. The van der Waals surface area contributed by atoms with E-state index in [-0.39, 0.29) is 5.91 Å². The Kier molecular flexibility index (Phi) is 4.10. The van der Waals surface area contributed by atoms with Gasteiger partial charge < -0.3 is 10.2 Å². The predicted octanol–water partition coefficient (Wildman–Crippen LogP) is 2.63. The number of hydrogen-bond acceptors (Lipinski definition) is 5. The zero-order valence-corrected chi connectivity index (χ0v) is 14.7. The molecule has 1 N–H and O–H groups in total. The molecular formula is C18H22N4OS. The van der Waals surface area contributed by atoms with Crippen molar-refractivity contribution in [3.63, 3.8) is 0 Å². The second-order valence-electron chi connectivity index (χ2n) is 6.94. The van der Waals surface area contributed by atoms with E-state index in [2.05, 4.69) is 15.3 Å². The van der Waals surface area contributed by atoms with Gasteiger partial charge in [-0.25, -0.2) is 4.98 Å². The summed E-state index contributed by atoms with van der Waals surface area (Å²) in [5.41, 5.74) is 2.01. The van der Waals surface area contributed by atoms with Crippen molar-refractivity contribution in [2.45, 2.75) is 38.8 Å². The smallest absolute Gasteiger partial charge is 0.256 e. The van der Waals surface area contributed by atoms with Crippen LogP contribution in [0.1, 0.15) is 40.2 Å². The number of thiazole rings is 1. The first kappa shape index (κ1) is 15.7. The van der Waals surface area contributed by atoms with E-state index in [1.807, 2.05) is 29.5 Å². The van der Waals surface area contributed by atoms with E-state index in [9.17, 15) is 4.79 Å². The second kappa shape index (κ2) is 6.26. The number of carbonyl (C=O) groups is 1. The molecule has 2 aromatic heterocycles. The van der Waals surface area contributed by atoms with E-state index >= 15 is 0 Å². The van der Waals surface area contributed by atoms with Crippen LogP contribution in [0.25, 0.3) is 0 Å². The summed E-state index contributed by atoms with van der Waals surface area (Å²) in [6.45, 7) is 4.69. The fourth-order valence-corrected chi connectivity index (χ4v) is 4.48. The topological polar surface area (TPSA) is 58.1 Å². The number of piperidine rings is 1. The molecule has 2 fully saturated rings. The molecule has 0 aromatic carbocycles. The normalized spacial score (nSPS) is 21.6. The van der Waals surface area contributed by atoms with Crippen molar-refractivity contribution in [2.24, 2.45) is 5.41 Å². The molecule has 1 spiro atoms. The van der Waals surface area contributed by atoms with Gasteiger partial charge in [0.2, 0.25) is 0 Å². The fraction of sp³-hybridized carbons (Fsp3) is 0.500. The molecule has 1 atom stereocenters. The molecule has 3 heterocycles. The van der Waals surface area contributed by atoms with Crippen LogP contribution in [0.2, 0.25) is 0 Å². The molecule has 0 bridgehead atoms. The first-order valence-electron chi connectivity index (χ1n) is 8.50. The van der Waals surface area contributed by atoms with E-state index < -0.39 is 0 Å².